The first-order valence-electron chi connectivity index (χ1n) is 7.24. The number of aryl methyl sites for hydroxylation is 1. The topological polar surface area (TPSA) is 67.8 Å². The predicted molar refractivity (Wildman–Crippen MR) is 80.3 cm³/mol. The minimum atomic E-state index is 0.0978. The predicted octanol–water partition coefficient (Wildman–Crippen LogP) is 3.29. The lowest BCUT2D eigenvalue weighted by molar-refractivity contribution is 0.101. The van der Waals surface area contributed by atoms with E-state index in [2.05, 4.69) is 19.0 Å². The van der Waals surface area contributed by atoms with Gasteiger partial charge in [-0.1, -0.05) is 30.6 Å². The molecular formula is C16H24N2O2. The molecule has 20 heavy (non-hydrogen) atoms. The smallest absolute Gasteiger partial charge is 0.173 e. The van der Waals surface area contributed by atoms with E-state index in [9.17, 15) is 0 Å². The van der Waals surface area contributed by atoms with Crippen LogP contribution in [-0.2, 0) is 0 Å². The molecule has 1 fully saturated rings. The Balaban J connectivity index is 2.20. The van der Waals surface area contributed by atoms with Crippen molar-refractivity contribution in [2.24, 2.45) is 22.7 Å². The van der Waals surface area contributed by atoms with Gasteiger partial charge in [0.05, 0.1) is 11.7 Å². The molecule has 4 heteroatoms. The van der Waals surface area contributed by atoms with Gasteiger partial charge in [-0.15, -0.1) is 0 Å². The second-order valence-electron chi connectivity index (χ2n) is 6.14. The maximum absolute atomic E-state index is 8.90. The third-order valence-electron chi connectivity index (χ3n) is 3.95. The Morgan fingerprint density at radius 1 is 1.25 bits per heavy atom. The van der Waals surface area contributed by atoms with Gasteiger partial charge in [0.15, 0.2) is 5.84 Å². The van der Waals surface area contributed by atoms with Crippen molar-refractivity contribution in [3.8, 4) is 5.75 Å². The van der Waals surface area contributed by atoms with E-state index in [-0.39, 0.29) is 11.9 Å². The molecule has 1 aliphatic carbocycles. The van der Waals surface area contributed by atoms with Gasteiger partial charge < -0.3 is 15.7 Å². The van der Waals surface area contributed by atoms with Gasteiger partial charge in [0.25, 0.3) is 0 Å². The van der Waals surface area contributed by atoms with Gasteiger partial charge in [-0.3, -0.25) is 0 Å². The highest BCUT2D eigenvalue weighted by molar-refractivity contribution is 5.99. The SMILES string of the molecule is Cc1ccc(OC2CC(C)CC(C)C2)c(/C(N)=N/O)c1. The van der Waals surface area contributed by atoms with Crippen molar-refractivity contribution in [3.05, 3.63) is 29.3 Å². The van der Waals surface area contributed by atoms with Crippen LogP contribution in [0.2, 0.25) is 0 Å². The molecule has 0 heterocycles. The molecule has 2 atom stereocenters. The largest absolute Gasteiger partial charge is 0.490 e. The molecule has 1 aromatic rings. The second-order valence-corrected chi connectivity index (χ2v) is 6.14. The molecule has 4 nitrogen and oxygen atoms in total. The third kappa shape index (κ3) is 3.44. The van der Waals surface area contributed by atoms with Crippen LogP contribution in [0, 0.1) is 18.8 Å². The van der Waals surface area contributed by atoms with Crippen molar-refractivity contribution in [3.63, 3.8) is 0 Å². The minimum Gasteiger partial charge on any atom is -0.490 e. The maximum Gasteiger partial charge on any atom is 0.173 e. The fraction of sp³-hybridized carbons (Fsp3) is 0.562. The molecule has 0 aromatic heterocycles. The number of amidine groups is 1. The van der Waals surface area contributed by atoms with Crippen molar-refractivity contribution in [1.29, 1.82) is 0 Å². The van der Waals surface area contributed by atoms with Crippen LogP contribution in [-0.4, -0.2) is 17.1 Å². The number of benzene rings is 1. The first kappa shape index (κ1) is 14.7. The maximum atomic E-state index is 8.90. The Morgan fingerprint density at radius 2 is 1.90 bits per heavy atom. The van der Waals surface area contributed by atoms with Crippen molar-refractivity contribution < 1.29 is 9.94 Å². The summed E-state index contributed by atoms with van der Waals surface area (Å²) in [6.45, 7) is 6.51. The Kier molecular flexibility index (Phi) is 4.53. The number of rotatable bonds is 3. The highest BCUT2D eigenvalue weighted by Gasteiger charge is 2.26. The molecule has 0 aliphatic heterocycles. The van der Waals surface area contributed by atoms with E-state index in [1.54, 1.807) is 0 Å². The van der Waals surface area contributed by atoms with Gasteiger partial charge in [-0.25, -0.2) is 0 Å². The van der Waals surface area contributed by atoms with Gasteiger partial charge in [-0.2, -0.15) is 0 Å². The molecule has 2 unspecified atom stereocenters. The van der Waals surface area contributed by atoms with Gasteiger partial charge in [-0.05, 0) is 50.2 Å². The number of nitrogens with zero attached hydrogens (tertiary/aromatic N) is 1. The third-order valence-corrected chi connectivity index (χ3v) is 3.95. The lowest BCUT2D eigenvalue weighted by Crippen LogP contribution is -2.29. The molecule has 1 aromatic carbocycles. The van der Waals surface area contributed by atoms with Gasteiger partial charge >= 0.3 is 0 Å². The molecule has 1 saturated carbocycles. The van der Waals surface area contributed by atoms with Crippen molar-refractivity contribution in [2.75, 3.05) is 0 Å². The summed E-state index contributed by atoms with van der Waals surface area (Å²) in [7, 11) is 0. The van der Waals surface area contributed by atoms with E-state index >= 15 is 0 Å². The lowest BCUT2D eigenvalue weighted by atomic mass is 9.82. The molecule has 0 radical (unpaired) electrons. The van der Waals surface area contributed by atoms with Crippen LogP contribution in [0.3, 0.4) is 0 Å². The van der Waals surface area contributed by atoms with Crippen LogP contribution in [0.1, 0.15) is 44.2 Å². The summed E-state index contributed by atoms with van der Waals surface area (Å²) in [6.07, 6.45) is 3.60. The highest BCUT2D eigenvalue weighted by Crippen LogP contribution is 2.32. The number of nitrogens with two attached hydrogens (primary N) is 1. The molecule has 1 aliphatic rings. The second kappa shape index (κ2) is 6.16. The van der Waals surface area contributed by atoms with Crippen molar-refractivity contribution in [2.45, 2.75) is 46.1 Å². The normalized spacial score (nSPS) is 27.4. The van der Waals surface area contributed by atoms with E-state index in [0.717, 1.165) is 18.4 Å². The summed E-state index contributed by atoms with van der Waals surface area (Å²) in [4.78, 5) is 0. The Labute approximate surface area is 120 Å². The summed E-state index contributed by atoms with van der Waals surface area (Å²) in [6, 6.07) is 5.78. The fourth-order valence-electron chi connectivity index (χ4n) is 3.15. The van der Waals surface area contributed by atoms with Crippen molar-refractivity contribution >= 4 is 5.84 Å². The van der Waals surface area contributed by atoms with E-state index in [1.807, 2.05) is 25.1 Å². The van der Waals surface area contributed by atoms with E-state index in [1.165, 1.54) is 6.42 Å². The van der Waals surface area contributed by atoms with Crippen LogP contribution in [0.5, 0.6) is 5.75 Å². The highest BCUT2D eigenvalue weighted by atomic mass is 16.5. The van der Waals surface area contributed by atoms with Crippen molar-refractivity contribution in [1.82, 2.24) is 0 Å². The number of hydrogen-bond donors (Lipinski definition) is 2. The standard InChI is InChI=1S/C16H24N2O2/c1-10-4-5-15(14(9-10)16(17)18-19)20-13-7-11(2)6-12(3)8-13/h4-5,9,11-13,19H,6-8H2,1-3H3,(H2,17,18). The number of hydrogen-bond acceptors (Lipinski definition) is 3. The molecule has 0 spiro atoms. The van der Waals surface area contributed by atoms with Crippen LogP contribution < -0.4 is 10.5 Å². The summed E-state index contributed by atoms with van der Waals surface area (Å²) < 4.78 is 6.13. The zero-order valence-electron chi connectivity index (χ0n) is 12.5. The number of ether oxygens (including phenoxy) is 1. The average molecular weight is 276 g/mol. The summed E-state index contributed by atoms with van der Waals surface area (Å²) in [5.74, 6) is 2.17. The molecule has 0 amide bonds. The molecule has 0 saturated heterocycles. The quantitative estimate of drug-likeness (QED) is 0.385. The van der Waals surface area contributed by atoms with Crippen LogP contribution in [0.25, 0.3) is 0 Å². The van der Waals surface area contributed by atoms with E-state index < -0.39 is 0 Å². The van der Waals surface area contributed by atoms with E-state index in [0.29, 0.717) is 23.1 Å². The molecule has 2 rings (SSSR count). The Morgan fingerprint density at radius 3 is 2.50 bits per heavy atom. The molecule has 110 valence electrons. The monoisotopic (exact) mass is 276 g/mol. The van der Waals surface area contributed by atoms with Crippen LogP contribution in [0.4, 0.5) is 0 Å². The van der Waals surface area contributed by atoms with Crippen LogP contribution in [0.15, 0.2) is 23.4 Å². The molecule has 0 bridgehead atoms. The zero-order valence-corrected chi connectivity index (χ0v) is 12.5. The Bertz CT molecular complexity index is 489. The van der Waals surface area contributed by atoms with Crippen LogP contribution >= 0.6 is 0 Å². The first-order valence-corrected chi connectivity index (χ1v) is 7.24. The summed E-state index contributed by atoms with van der Waals surface area (Å²) in [5, 5.41) is 12.0. The van der Waals surface area contributed by atoms with Gasteiger partial charge in [0, 0.05) is 0 Å². The minimum absolute atomic E-state index is 0.0978. The average Bonchev–Trinajstić information content (AvgIpc) is 2.38. The molecular weight excluding hydrogens is 252 g/mol. The summed E-state index contributed by atoms with van der Waals surface area (Å²) in [5.41, 5.74) is 7.47. The lowest BCUT2D eigenvalue weighted by Gasteiger charge is -2.32. The van der Waals surface area contributed by atoms with Gasteiger partial charge in [0.1, 0.15) is 5.75 Å². The van der Waals surface area contributed by atoms with E-state index in [4.69, 9.17) is 15.7 Å². The molecule has 3 N–H and O–H groups in total. The zero-order chi connectivity index (χ0) is 14.7. The summed E-state index contributed by atoms with van der Waals surface area (Å²) >= 11 is 0. The fourth-order valence-corrected chi connectivity index (χ4v) is 3.15. The Hall–Kier alpha value is -1.71. The first-order chi connectivity index (χ1) is 9.49. The van der Waals surface area contributed by atoms with Gasteiger partial charge in [0.2, 0.25) is 0 Å². The number of oxime groups is 1.